The maximum Gasteiger partial charge on any atom is 0.270 e. The summed E-state index contributed by atoms with van der Waals surface area (Å²) >= 11 is 0. The van der Waals surface area contributed by atoms with Crippen molar-refractivity contribution < 1.29 is 4.79 Å². The highest BCUT2D eigenvalue weighted by Gasteiger charge is 2.25. The summed E-state index contributed by atoms with van der Waals surface area (Å²) < 4.78 is 0. The molecule has 4 heterocycles. The Labute approximate surface area is 146 Å². The zero-order chi connectivity index (χ0) is 17.1. The molecule has 0 aliphatic carbocycles. The Kier molecular flexibility index (Phi) is 4.16. The van der Waals surface area contributed by atoms with Crippen molar-refractivity contribution in [1.82, 2.24) is 19.9 Å². The average molecular weight is 333 g/mol. The number of H-pyrrole nitrogens is 1. The van der Waals surface area contributed by atoms with Crippen molar-refractivity contribution >= 4 is 11.7 Å². The molecule has 0 saturated carbocycles. The third-order valence-electron chi connectivity index (χ3n) is 4.38. The Morgan fingerprint density at radius 3 is 2.84 bits per heavy atom. The Hall–Kier alpha value is -3.15. The van der Waals surface area contributed by atoms with Gasteiger partial charge in [0.1, 0.15) is 11.5 Å². The van der Waals surface area contributed by atoms with E-state index in [1.165, 1.54) is 0 Å². The number of nitrogens with zero attached hydrogens (tertiary/aromatic N) is 4. The van der Waals surface area contributed by atoms with Gasteiger partial charge < -0.3 is 14.8 Å². The van der Waals surface area contributed by atoms with Crippen LogP contribution >= 0.6 is 0 Å². The lowest BCUT2D eigenvalue weighted by molar-refractivity contribution is 0.0746. The number of hydrogen-bond donors (Lipinski definition) is 1. The van der Waals surface area contributed by atoms with Gasteiger partial charge in [0, 0.05) is 56.5 Å². The molecule has 1 aliphatic rings. The molecule has 0 radical (unpaired) electrons. The Bertz CT molecular complexity index is 847. The van der Waals surface area contributed by atoms with Gasteiger partial charge in [0.25, 0.3) is 5.91 Å². The van der Waals surface area contributed by atoms with Gasteiger partial charge in [-0.3, -0.25) is 9.78 Å². The van der Waals surface area contributed by atoms with E-state index >= 15 is 0 Å². The second-order valence-corrected chi connectivity index (χ2v) is 6.08. The summed E-state index contributed by atoms with van der Waals surface area (Å²) in [5, 5.41) is 0. The number of carbonyl (C=O) groups excluding carboxylic acids is 1. The minimum Gasteiger partial charge on any atom is -0.357 e. The van der Waals surface area contributed by atoms with Gasteiger partial charge in [-0.1, -0.05) is 12.1 Å². The molecule has 1 amide bonds. The van der Waals surface area contributed by atoms with Crippen LogP contribution < -0.4 is 4.90 Å². The Morgan fingerprint density at radius 1 is 1.12 bits per heavy atom. The van der Waals surface area contributed by atoms with Crippen LogP contribution in [0.25, 0.3) is 0 Å². The predicted octanol–water partition coefficient (Wildman–Crippen LogP) is 2.47. The van der Waals surface area contributed by atoms with Gasteiger partial charge in [0.05, 0.1) is 0 Å². The van der Waals surface area contributed by atoms with Crippen LogP contribution in [0.15, 0.2) is 61.2 Å². The summed E-state index contributed by atoms with van der Waals surface area (Å²) in [7, 11) is 0. The van der Waals surface area contributed by atoms with Crippen LogP contribution in [0.2, 0.25) is 0 Å². The minimum atomic E-state index is 0.0167. The zero-order valence-corrected chi connectivity index (χ0v) is 13.8. The number of fused-ring (bicyclic) bond motifs is 1. The van der Waals surface area contributed by atoms with Crippen LogP contribution in [-0.2, 0) is 13.1 Å². The smallest absolute Gasteiger partial charge is 0.270 e. The zero-order valence-electron chi connectivity index (χ0n) is 13.8. The third kappa shape index (κ3) is 3.24. The maximum atomic E-state index is 12.7. The van der Waals surface area contributed by atoms with Crippen molar-refractivity contribution in [3.05, 3.63) is 78.0 Å². The summed E-state index contributed by atoms with van der Waals surface area (Å²) in [4.78, 5) is 28.6. The van der Waals surface area contributed by atoms with E-state index in [2.05, 4.69) is 25.9 Å². The fourth-order valence-corrected chi connectivity index (χ4v) is 3.14. The monoisotopic (exact) mass is 333 g/mol. The van der Waals surface area contributed by atoms with Crippen LogP contribution in [0.5, 0.6) is 0 Å². The van der Waals surface area contributed by atoms with Crippen molar-refractivity contribution in [2.75, 3.05) is 18.0 Å². The van der Waals surface area contributed by atoms with Crippen molar-refractivity contribution in [3.63, 3.8) is 0 Å². The summed E-state index contributed by atoms with van der Waals surface area (Å²) in [5.41, 5.74) is 2.80. The number of carbonyl (C=O) groups is 1. The molecular formula is C19H19N5O. The molecule has 0 spiro atoms. The van der Waals surface area contributed by atoms with Crippen molar-refractivity contribution in [2.24, 2.45) is 0 Å². The lowest BCUT2D eigenvalue weighted by Gasteiger charge is -2.23. The highest BCUT2D eigenvalue weighted by Crippen LogP contribution is 2.24. The van der Waals surface area contributed by atoms with Gasteiger partial charge in [-0.15, -0.1) is 0 Å². The maximum absolute atomic E-state index is 12.7. The summed E-state index contributed by atoms with van der Waals surface area (Å²) in [6, 6.07) is 11.6. The number of aromatic amines is 1. The van der Waals surface area contributed by atoms with Crippen molar-refractivity contribution in [2.45, 2.75) is 13.1 Å². The fourth-order valence-electron chi connectivity index (χ4n) is 3.14. The molecule has 6 heteroatoms. The molecule has 0 saturated heterocycles. The van der Waals surface area contributed by atoms with Gasteiger partial charge in [-0.05, 0) is 29.8 Å². The highest BCUT2D eigenvalue weighted by molar-refractivity contribution is 5.92. The summed E-state index contributed by atoms with van der Waals surface area (Å²) in [6.07, 6.45) is 7.22. The molecule has 3 aromatic heterocycles. The standard InChI is InChI=1S/C19H19N5O/c25-19(17-6-3-8-21-17)24-11-10-23(13-15-4-1-7-20-12-15)18-16(14-24)5-2-9-22-18/h1-9,12,21H,10-11,13-14H2. The summed E-state index contributed by atoms with van der Waals surface area (Å²) in [5.74, 6) is 0.955. The molecule has 3 aromatic rings. The first-order valence-electron chi connectivity index (χ1n) is 8.31. The van der Waals surface area contributed by atoms with E-state index in [1.807, 2.05) is 41.4 Å². The lowest BCUT2D eigenvalue weighted by Crippen LogP contribution is -2.35. The molecule has 126 valence electrons. The van der Waals surface area contributed by atoms with Crippen LogP contribution in [0.3, 0.4) is 0 Å². The molecular weight excluding hydrogens is 314 g/mol. The molecule has 0 unspecified atom stereocenters. The van der Waals surface area contributed by atoms with Crippen molar-refractivity contribution in [3.8, 4) is 0 Å². The largest absolute Gasteiger partial charge is 0.357 e. The molecule has 0 aromatic carbocycles. The number of aromatic nitrogens is 3. The van der Waals surface area contributed by atoms with E-state index in [4.69, 9.17) is 0 Å². The third-order valence-corrected chi connectivity index (χ3v) is 4.38. The molecule has 6 nitrogen and oxygen atoms in total. The van der Waals surface area contributed by atoms with E-state index in [1.54, 1.807) is 18.6 Å². The van der Waals surface area contributed by atoms with Crippen LogP contribution in [0.4, 0.5) is 5.82 Å². The van der Waals surface area contributed by atoms with E-state index in [0.717, 1.165) is 30.0 Å². The number of rotatable bonds is 3. The molecule has 0 bridgehead atoms. The number of pyridine rings is 2. The summed E-state index contributed by atoms with van der Waals surface area (Å²) in [6.45, 7) is 2.66. The Balaban J connectivity index is 1.61. The van der Waals surface area contributed by atoms with E-state index in [0.29, 0.717) is 18.8 Å². The number of nitrogens with one attached hydrogen (secondary N) is 1. The molecule has 25 heavy (non-hydrogen) atoms. The van der Waals surface area contributed by atoms with Gasteiger partial charge >= 0.3 is 0 Å². The van der Waals surface area contributed by atoms with E-state index in [-0.39, 0.29) is 5.91 Å². The Morgan fingerprint density at radius 2 is 2.04 bits per heavy atom. The van der Waals surface area contributed by atoms with Crippen LogP contribution in [-0.4, -0.2) is 38.8 Å². The first kappa shape index (κ1) is 15.4. The van der Waals surface area contributed by atoms with E-state index in [9.17, 15) is 4.79 Å². The normalized spacial score (nSPS) is 14.1. The molecule has 1 aliphatic heterocycles. The van der Waals surface area contributed by atoms with Gasteiger partial charge in [0.2, 0.25) is 0 Å². The average Bonchev–Trinajstić information content (AvgIpc) is 3.13. The molecule has 4 rings (SSSR count). The first-order chi connectivity index (χ1) is 12.3. The minimum absolute atomic E-state index is 0.0167. The van der Waals surface area contributed by atoms with Gasteiger partial charge in [-0.2, -0.15) is 0 Å². The quantitative estimate of drug-likeness (QED) is 0.800. The first-order valence-corrected chi connectivity index (χ1v) is 8.31. The fraction of sp³-hybridized carbons (Fsp3) is 0.211. The second kappa shape index (κ2) is 6.76. The SMILES string of the molecule is O=C(c1ccc[nH]1)N1CCN(Cc2cccnc2)c2ncccc2C1. The second-order valence-electron chi connectivity index (χ2n) is 6.08. The topological polar surface area (TPSA) is 65.1 Å². The van der Waals surface area contributed by atoms with Crippen LogP contribution in [0, 0.1) is 0 Å². The number of amides is 1. The number of anilines is 1. The molecule has 0 atom stereocenters. The van der Waals surface area contributed by atoms with E-state index < -0.39 is 0 Å². The van der Waals surface area contributed by atoms with Gasteiger partial charge in [-0.25, -0.2) is 4.98 Å². The van der Waals surface area contributed by atoms with Crippen LogP contribution in [0.1, 0.15) is 21.6 Å². The van der Waals surface area contributed by atoms with Gasteiger partial charge in [0.15, 0.2) is 0 Å². The van der Waals surface area contributed by atoms with Crippen molar-refractivity contribution in [1.29, 1.82) is 0 Å². The lowest BCUT2D eigenvalue weighted by atomic mass is 10.2. The predicted molar refractivity (Wildman–Crippen MR) is 95.1 cm³/mol. The highest BCUT2D eigenvalue weighted by atomic mass is 16.2. The number of hydrogen-bond acceptors (Lipinski definition) is 4. The molecule has 1 N–H and O–H groups in total. The molecule has 0 fully saturated rings.